The predicted octanol–water partition coefficient (Wildman–Crippen LogP) is 5.34. The molecule has 5 nitrogen and oxygen atoms in total. The molecule has 0 unspecified atom stereocenters. The van der Waals surface area contributed by atoms with Crippen molar-refractivity contribution in [3.8, 4) is 0 Å². The van der Waals surface area contributed by atoms with E-state index in [4.69, 9.17) is 4.74 Å². The number of rotatable bonds is 7. The van der Waals surface area contributed by atoms with Gasteiger partial charge in [-0.15, -0.1) is 12.4 Å². The van der Waals surface area contributed by atoms with Crippen LogP contribution in [0.5, 0.6) is 0 Å². The summed E-state index contributed by atoms with van der Waals surface area (Å²) in [6.07, 6.45) is -0.413. The highest BCUT2D eigenvalue weighted by molar-refractivity contribution is 5.89. The van der Waals surface area contributed by atoms with E-state index < -0.39 is 6.10 Å². The van der Waals surface area contributed by atoms with Crippen molar-refractivity contribution in [3.63, 3.8) is 0 Å². The number of carbonyl (C=O) groups is 1. The molecule has 0 bridgehead atoms. The van der Waals surface area contributed by atoms with Crippen molar-refractivity contribution in [1.82, 2.24) is 9.80 Å². The van der Waals surface area contributed by atoms with Crippen molar-refractivity contribution in [1.29, 1.82) is 0 Å². The molecule has 0 spiro atoms. The van der Waals surface area contributed by atoms with Gasteiger partial charge in [0.05, 0.1) is 6.61 Å². The average molecular weight is 488 g/mol. The van der Waals surface area contributed by atoms with Crippen LogP contribution in [-0.4, -0.2) is 55.2 Å². The number of ether oxygens (including phenoxy) is 1. The van der Waals surface area contributed by atoms with E-state index in [0.29, 0.717) is 26.2 Å². The molecule has 1 aliphatic heterocycles. The van der Waals surface area contributed by atoms with E-state index in [9.17, 15) is 13.6 Å². The summed E-state index contributed by atoms with van der Waals surface area (Å²) in [6, 6.07) is 21.7. The molecular weight excluding hydrogens is 460 g/mol. The number of carbonyl (C=O) groups excluding carboxylic acids is 1. The average Bonchev–Trinajstić information content (AvgIpc) is 2.84. The third-order valence-corrected chi connectivity index (χ3v) is 5.72. The number of nitrogens with zero attached hydrogens (tertiary/aromatic N) is 2. The first kappa shape index (κ1) is 25.6. The van der Waals surface area contributed by atoms with Crippen LogP contribution in [0.25, 0.3) is 0 Å². The fourth-order valence-electron chi connectivity index (χ4n) is 3.86. The molecule has 8 heteroatoms. The number of para-hydroxylation sites is 1. The minimum Gasteiger partial charge on any atom is -0.367 e. The zero-order valence-electron chi connectivity index (χ0n) is 18.7. The molecule has 0 atom stereocenters. The van der Waals surface area contributed by atoms with Gasteiger partial charge in [0.1, 0.15) is 17.7 Å². The summed E-state index contributed by atoms with van der Waals surface area (Å²) in [5, 5.41) is 2.92. The molecule has 1 saturated heterocycles. The van der Waals surface area contributed by atoms with Gasteiger partial charge in [-0.3, -0.25) is 4.90 Å². The standard InChI is InChI=1S/C26H27F2N3O2.ClH/c27-22-10-6-20(7-11-22)25(21-8-12-23(28)13-9-21)33-19-18-30-14-16-31(17-15-30)26(32)29-24-4-2-1-3-5-24;/h1-13,25H,14-19H2,(H,29,32);1H. The number of hydrogen-bond donors (Lipinski definition) is 1. The predicted molar refractivity (Wildman–Crippen MR) is 131 cm³/mol. The van der Waals surface area contributed by atoms with E-state index in [2.05, 4.69) is 10.2 Å². The monoisotopic (exact) mass is 487 g/mol. The molecule has 180 valence electrons. The van der Waals surface area contributed by atoms with Gasteiger partial charge in [0.25, 0.3) is 0 Å². The Morgan fingerprint density at radius 2 is 1.35 bits per heavy atom. The van der Waals surface area contributed by atoms with Gasteiger partial charge in [0.15, 0.2) is 0 Å². The maximum atomic E-state index is 13.4. The van der Waals surface area contributed by atoms with Gasteiger partial charge < -0.3 is 15.0 Å². The second-order valence-corrected chi connectivity index (χ2v) is 7.98. The summed E-state index contributed by atoms with van der Waals surface area (Å²) in [6.45, 7) is 3.94. The van der Waals surface area contributed by atoms with Crippen LogP contribution < -0.4 is 5.32 Å². The molecular formula is C26H28ClF2N3O2. The molecule has 3 aromatic carbocycles. The van der Waals surface area contributed by atoms with Crippen LogP contribution in [0.4, 0.5) is 19.3 Å². The highest BCUT2D eigenvalue weighted by Gasteiger charge is 2.22. The SMILES string of the molecule is Cl.O=C(Nc1ccccc1)N1CCN(CCOC(c2ccc(F)cc2)c2ccc(F)cc2)CC1. The first-order chi connectivity index (χ1) is 16.1. The Bertz CT molecular complexity index is 983. The summed E-state index contributed by atoms with van der Waals surface area (Å²) in [5.74, 6) is -0.628. The molecule has 3 aromatic rings. The number of anilines is 1. The Morgan fingerprint density at radius 1 is 0.824 bits per heavy atom. The van der Waals surface area contributed by atoms with Gasteiger partial charge in [-0.2, -0.15) is 0 Å². The van der Waals surface area contributed by atoms with Crippen molar-refractivity contribution in [2.24, 2.45) is 0 Å². The summed E-state index contributed by atoms with van der Waals surface area (Å²) in [5.41, 5.74) is 2.40. The molecule has 0 aliphatic carbocycles. The Balaban J connectivity index is 0.00000324. The number of hydrogen-bond acceptors (Lipinski definition) is 3. The molecule has 34 heavy (non-hydrogen) atoms. The normalized spacial score (nSPS) is 14.0. The maximum Gasteiger partial charge on any atom is 0.321 e. The first-order valence-electron chi connectivity index (χ1n) is 11.0. The van der Waals surface area contributed by atoms with Crippen molar-refractivity contribution in [2.45, 2.75) is 6.10 Å². The Kier molecular flexibility index (Phi) is 9.39. The fourth-order valence-corrected chi connectivity index (χ4v) is 3.86. The molecule has 0 radical (unpaired) electrons. The maximum absolute atomic E-state index is 13.4. The van der Waals surface area contributed by atoms with Crippen LogP contribution in [-0.2, 0) is 4.74 Å². The smallest absolute Gasteiger partial charge is 0.321 e. The second-order valence-electron chi connectivity index (χ2n) is 7.98. The molecule has 1 N–H and O–H groups in total. The summed E-state index contributed by atoms with van der Waals surface area (Å²) in [4.78, 5) is 16.5. The van der Waals surface area contributed by atoms with Gasteiger partial charge in [0.2, 0.25) is 0 Å². The second kappa shape index (κ2) is 12.5. The Hall–Kier alpha value is -3.00. The fraction of sp³-hybridized carbons (Fsp3) is 0.269. The highest BCUT2D eigenvalue weighted by Crippen LogP contribution is 2.26. The Labute approximate surface area is 204 Å². The number of piperazine rings is 1. The number of halogens is 3. The van der Waals surface area contributed by atoms with E-state index >= 15 is 0 Å². The molecule has 2 amide bonds. The van der Waals surface area contributed by atoms with Gasteiger partial charge in [-0.05, 0) is 47.5 Å². The molecule has 1 heterocycles. The summed E-state index contributed by atoms with van der Waals surface area (Å²) >= 11 is 0. The van der Waals surface area contributed by atoms with Crippen LogP contribution in [0.3, 0.4) is 0 Å². The third kappa shape index (κ3) is 7.00. The minimum atomic E-state index is -0.413. The lowest BCUT2D eigenvalue weighted by molar-refractivity contribution is 0.0498. The van der Waals surface area contributed by atoms with Crippen molar-refractivity contribution in [2.75, 3.05) is 44.6 Å². The molecule has 0 saturated carbocycles. The van der Waals surface area contributed by atoms with Crippen LogP contribution in [0, 0.1) is 11.6 Å². The van der Waals surface area contributed by atoms with Crippen LogP contribution in [0.15, 0.2) is 78.9 Å². The van der Waals surface area contributed by atoms with Crippen molar-refractivity contribution < 1.29 is 18.3 Å². The highest BCUT2D eigenvalue weighted by atomic mass is 35.5. The number of nitrogens with one attached hydrogen (secondary N) is 1. The molecule has 1 aliphatic rings. The van der Waals surface area contributed by atoms with Crippen molar-refractivity contribution >= 4 is 24.1 Å². The number of amides is 2. The zero-order chi connectivity index (χ0) is 23.0. The lowest BCUT2D eigenvalue weighted by atomic mass is 10.0. The van der Waals surface area contributed by atoms with E-state index in [1.165, 1.54) is 24.3 Å². The largest absolute Gasteiger partial charge is 0.367 e. The lowest BCUT2D eigenvalue weighted by Gasteiger charge is -2.34. The summed E-state index contributed by atoms with van der Waals surface area (Å²) in [7, 11) is 0. The quantitative estimate of drug-likeness (QED) is 0.489. The molecule has 4 rings (SSSR count). The van der Waals surface area contributed by atoms with Gasteiger partial charge in [-0.25, -0.2) is 13.6 Å². The summed E-state index contributed by atoms with van der Waals surface area (Å²) < 4.78 is 32.9. The molecule has 0 aromatic heterocycles. The first-order valence-corrected chi connectivity index (χ1v) is 11.0. The number of benzene rings is 3. The minimum absolute atomic E-state index is 0. The third-order valence-electron chi connectivity index (χ3n) is 5.72. The topological polar surface area (TPSA) is 44.8 Å². The van der Waals surface area contributed by atoms with E-state index in [-0.39, 0.29) is 30.1 Å². The molecule has 1 fully saturated rings. The van der Waals surface area contributed by atoms with E-state index in [1.807, 2.05) is 35.2 Å². The Morgan fingerprint density at radius 3 is 1.88 bits per heavy atom. The zero-order valence-corrected chi connectivity index (χ0v) is 19.5. The van der Waals surface area contributed by atoms with Gasteiger partial charge >= 0.3 is 6.03 Å². The lowest BCUT2D eigenvalue weighted by Crippen LogP contribution is -2.50. The van der Waals surface area contributed by atoms with Crippen LogP contribution >= 0.6 is 12.4 Å². The van der Waals surface area contributed by atoms with E-state index in [1.54, 1.807) is 24.3 Å². The van der Waals surface area contributed by atoms with Crippen LogP contribution in [0.2, 0.25) is 0 Å². The van der Waals surface area contributed by atoms with Gasteiger partial charge in [-0.1, -0.05) is 42.5 Å². The van der Waals surface area contributed by atoms with Crippen molar-refractivity contribution in [3.05, 3.63) is 102 Å². The van der Waals surface area contributed by atoms with E-state index in [0.717, 1.165) is 29.9 Å². The van der Waals surface area contributed by atoms with Crippen LogP contribution in [0.1, 0.15) is 17.2 Å². The number of urea groups is 1. The van der Waals surface area contributed by atoms with Gasteiger partial charge in [0, 0.05) is 38.4 Å².